The maximum absolute atomic E-state index is 11.6. The molecule has 4 atom stereocenters. The van der Waals surface area contributed by atoms with Gasteiger partial charge in [0.15, 0.2) is 11.7 Å². The Bertz CT molecular complexity index is 729. The smallest absolute Gasteiger partial charge is 0.305 e. The first kappa shape index (κ1) is 23.8. The quantitative estimate of drug-likeness (QED) is 0.266. The SMILES string of the molecule is CC(=O)OC[C@@]1(COS(C)(=O)=O)O[C@H](OC(C)=O)[C@H](OC(C)=O)[C@@H]1OC(C)=O. The molecule has 0 spiro atoms. The third-order valence-corrected chi connectivity index (χ3v) is 3.90. The number of ether oxygens (including phenoxy) is 5. The summed E-state index contributed by atoms with van der Waals surface area (Å²) in [5.74, 6) is -3.25. The van der Waals surface area contributed by atoms with E-state index in [9.17, 15) is 27.6 Å². The Morgan fingerprint density at radius 3 is 1.82 bits per heavy atom. The third kappa shape index (κ3) is 7.05. The molecule has 0 saturated carbocycles. The number of carbonyl (C=O) groups is 4. The fourth-order valence-corrected chi connectivity index (χ4v) is 2.84. The molecule has 12 nitrogen and oxygen atoms in total. The van der Waals surface area contributed by atoms with Crippen molar-refractivity contribution in [1.29, 1.82) is 0 Å². The van der Waals surface area contributed by atoms with Crippen LogP contribution in [0.5, 0.6) is 0 Å². The van der Waals surface area contributed by atoms with Gasteiger partial charge in [0.05, 0.1) is 6.26 Å². The van der Waals surface area contributed by atoms with Crippen LogP contribution in [0.2, 0.25) is 0 Å². The summed E-state index contributed by atoms with van der Waals surface area (Å²) in [6.07, 6.45) is -3.80. The molecule has 0 aromatic carbocycles. The average molecular weight is 426 g/mol. The van der Waals surface area contributed by atoms with Gasteiger partial charge < -0.3 is 23.7 Å². The molecule has 0 aromatic rings. The molecule has 0 unspecified atom stereocenters. The molecular formula is C15H22O12S. The second kappa shape index (κ2) is 9.30. The summed E-state index contributed by atoms with van der Waals surface area (Å²) in [6.45, 7) is 2.78. The molecule has 160 valence electrons. The first-order valence-corrected chi connectivity index (χ1v) is 9.74. The van der Waals surface area contributed by atoms with Crippen molar-refractivity contribution in [3.63, 3.8) is 0 Å². The normalized spacial score (nSPS) is 27.0. The van der Waals surface area contributed by atoms with E-state index in [4.69, 9.17) is 27.9 Å². The van der Waals surface area contributed by atoms with Gasteiger partial charge in [-0.2, -0.15) is 8.42 Å². The lowest BCUT2D eigenvalue weighted by Crippen LogP contribution is -2.53. The fraction of sp³-hybridized carbons (Fsp3) is 0.733. The lowest BCUT2D eigenvalue weighted by molar-refractivity contribution is -0.216. The van der Waals surface area contributed by atoms with Gasteiger partial charge in [0, 0.05) is 27.7 Å². The summed E-state index contributed by atoms with van der Waals surface area (Å²) in [6, 6.07) is 0. The van der Waals surface area contributed by atoms with Crippen molar-refractivity contribution in [2.24, 2.45) is 0 Å². The highest BCUT2D eigenvalue weighted by Gasteiger charge is 2.62. The second-order valence-electron chi connectivity index (χ2n) is 6.01. The highest BCUT2D eigenvalue weighted by Crippen LogP contribution is 2.37. The minimum atomic E-state index is -4.00. The van der Waals surface area contributed by atoms with Crippen LogP contribution in [-0.2, 0) is 57.2 Å². The van der Waals surface area contributed by atoms with Crippen LogP contribution in [0, 0.1) is 0 Å². The molecule has 0 bridgehead atoms. The van der Waals surface area contributed by atoms with Crippen LogP contribution >= 0.6 is 0 Å². The third-order valence-electron chi connectivity index (χ3n) is 3.35. The Hall–Kier alpha value is -2.25. The second-order valence-corrected chi connectivity index (χ2v) is 7.66. The van der Waals surface area contributed by atoms with Gasteiger partial charge >= 0.3 is 23.9 Å². The standard InChI is InChI=1S/C15H22O12S/c1-8(16)22-6-15(7-23-28(5,20)21)13(25-10(3)18)12(24-9(2)17)14(27-15)26-11(4)19/h12-14H,6-7H2,1-5H3/t12-,13+,14+,15+/m1/s1. The molecule has 1 fully saturated rings. The highest BCUT2D eigenvalue weighted by molar-refractivity contribution is 7.85. The predicted molar refractivity (Wildman–Crippen MR) is 87.9 cm³/mol. The topological polar surface area (TPSA) is 158 Å². The molecule has 0 aliphatic carbocycles. The highest BCUT2D eigenvalue weighted by atomic mass is 32.2. The average Bonchev–Trinajstić information content (AvgIpc) is 2.75. The van der Waals surface area contributed by atoms with E-state index >= 15 is 0 Å². The monoisotopic (exact) mass is 426 g/mol. The molecule has 0 radical (unpaired) electrons. The van der Waals surface area contributed by atoms with Crippen molar-refractivity contribution in [3.05, 3.63) is 0 Å². The van der Waals surface area contributed by atoms with Gasteiger partial charge in [0.1, 0.15) is 13.2 Å². The minimum Gasteiger partial charge on any atom is -0.463 e. The van der Waals surface area contributed by atoms with Gasteiger partial charge in [0.2, 0.25) is 12.4 Å². The first-order valence-electron chi connectivity index (χ1n) is 7.93. The van der Waals surface area contributed by atoms with E-state index in [-0.39, 0.29) is 0 Å². The summed E-state index contributed by atoms with van der Waals surface area (Å²) in [4.78, 5) is 45.7. The zero-order valence-electron chi connectivity index (χ0n) is 16.0. The van der Waals surface area contributed by atoms with E-state index in [0.717, 1.165) is 34.0 Å². The van der Waals surface area contributed by atoms with Crippen LogP contribution in [0.15, 0.2) is 0 Å². The first-order chi connectivity index (χ1) is 12.8. The summed E-state index contributed by atoms with van der Waals surface area (Å²) >= 11 is 0. The summed E-state index contributed by atoms with van der Waals surface area (Å²) < 4.78 is 53.3. The molecule has 0 amide bonds. The maximum atomic E-state index is 11.6. The Kier molecular flexibility index (Phi) is 7.90. The van der Waals surface area contributed by atoms with E-state index in [2.05, 4.69) is 0 Å². The zero-order valence-corrected chi connectivity index (χ0v) is 16.8. The molecule has 1 aliphatic heterocycles. The van der Waals surface area contributed by atoms with Gasteiger partial charge in [0.25, 0.3) is 10.1 Å². The van der Waals surface area contributed by atoms with E-state index in [1.807, 2.05) is 0 Å². The molecule has 1 heterocycles. The van der Waals surface area contributed by atoms with Crippen molar-refractivity contribution >= 4 is 34.0 Å². The number of carbonyl (C=O) groups excluding carboxylic acids is 4. The number of esters is 4. The van der Waals surface area contributed by atoms with E-state index in [0.29, 0.717) is 0 Å². The van der Waals surface area contributed by atoms with Crippen molar-refractivity contribution in [1.82, 2.24) is 0 Å². The molecule has 28 heavy (non-hydrogen) atoms. The van der Waals surface area contributed by atoms with Crippen molar-refractivity contribution in [2.75, 3.05) is 19.5 Å². The predicted octanol–water partition coefficient (Wildman–Crippen LogP) is -0.953. The van der Waals surface area contributed by atoms with Gasteiger partial charge in [-0.05, 0) is 0 Å². The Morgan fingerprint density at radius 2 is 1.39 bits per heavy atom. The molecule has 13 heteroatoms. The van der Waals surface area contributed by atoms with E-state index in [1.165, 1.54) is 0 Å². The Balaban J connectivity index is 3.40. The number of hydrogen-bond acceptors (Lipinski definition) is 12. The van der Waals surface area contributed by atoms with E-state index in [1.54, 1.807) is 0 Å². The fourth-order valence-electron chi connectivity index (χ4n) is 2.43. The van der Waals surface area contributed by atoms with Crippen molar-refractivity contribution < 1.29 is 55.5 Å². The van der Waals surface area contributed by atoms with Crippen LogP contribution in [0.3, 0.4) is 0 Å². The van der Waals surface area contributed by atoms with Crippen LogP contribution in [0.4, 0.5) is 0 Å². The summed E-state index contributed by atoms with van der Waals surface area (Å²) in [7, 11) is -4.00. The van der Waals surface area contributed by atoms with Gasteiger partial charge in [-0.1, -0.05) is 0 Å². The van der Waals surface area contributed by atoms with Crippen LogP contribution in [0.25, 0.3) is 0 Å². The lowest BCUT2D eigenvalue weighted by Gasteiger charge is -2.32. The van der Waals surface area contributed by atoms with Gasteiger partial charge in [-0.3, -0.25) is 23.4 Å². The molecule has 1 aliphatic rings. The molecule has 0 aromatic heterocycles. The van der Waals surface area contributed by atoms with Crippen LogP contribution in [-0.4, -0.2) is 75.9 Å². The largest absolute Gasteiger partial charge is 0.463 e. The van der Waals surface area contributed by atoms with Crippen molar-refractivity contribution in [2.45, 2.75) is 51.8 Å². The Labute approximate surface area is 161 Å². The molecule has 1 saturated heterocycles. The van der Waals surface area contributed by atoms with Gasteiger partial charge in [-0.25, -0.2) is 0 Å². The minimum absolute atomic E-state index is 0.647. The maximum Gasteiger partial charge on any atom is 0.305 e. The summed E-state index contributed by atoms with van der Waals surface area (Å²) in [5.41, 5.74) is -1.94. The number of hydrogen-bond donors (Lipinski definition) is 0. The van der Waals surface area contributed by atoms with Crippen LogP contribution in [0.1, 0.15) is 27.7 Å². The summed E-state index contributed by atoms with van der Waals surface area (Å²) in [5, 5.41) is 0. The lowest BCUT2D eigenvalue weighted by atomic mass is 9.96. The molecule has 1 rings (SSSR count). The number of rotatable bonds is 8. The zero-order chi connectivity index (χ0) is 21.7. The van der Waals surface area contributed by atoms with Crippen LogP contribution < -0.4 is 0 Å². The molecular weight excluding hydrogens is 404 g/mol. The molecule has 0 N–H and O–H groups in total. The van der Waals surface area contributed by atoms with Gasteiger partial charge in [-0.15, -0.1) is 0 Å². The Morgan fingerprint density at radius 1 is 0.857 bits per heavy atom. The van der Waals surface area contributed by atoms with E-state index < -0.39 is 71.3 Å². The van der Waals surface area contributed by atoms with Crippen molar-refractivity contribution in [3.8, 4) is 0 Å².